The molecular weight excluding hydrogens is 471 g/mol. The molecule has 0 radical (unpaired) electrons. The molecule has 2 rings (SSSR count). The fourth-order valence-corrected chi connectivity index (χ4v) is 2.95. The van der Waals surface area contributed by atoms with E-state index in [1.807, 2.05) is 51.7 Å². The summed E-state index contributed by atoms with van der Waals surface area (Å²) in [5.74, 6) is 0.775. The molecule has 0 saturated carbocycles. The number of nitrogens with zero attached hydrogens (tertiary/aromatic N) is 4. The predicted molar refractivity (Wildman–Crippen MR) is 122 cm³/mol. The van der Waals surface area contributed by atoms with Gasteiger partial charge in [0.15, 0.2) is 5.96 Å². The standard InChI is InChI=1S/C19H34N6O2.HI/c1-6-20-17(21-9-11-25-13-15(2)12-22-25)23-16-8-7-10-24(14-16)18(26)27-19(3,4)5;/h12-13,16H,6-11,14H2,1-5H3,(H2,20,21,23);1H. The van der Waals surface area contributed by atoms with Crippen molar-refractivity contribution in [3.05, 3.63) is 18.0 Å². The van der Waals surface area contributed by atoms with Crippen LogP contribution in [0.2, 0.25) is 0 Å². The molecule has 1 saturated heterocycles. The van der Waals surface area contributed by atoms with Crippen LogP contribution in [0.15, 0.2) is 17.4 Å². The Hall–Kier alpha value is -1.52. The van der Waals surface area contributed by atoms with E-state index in [1.54, 1.807) is 4.90 Å². The number of carbonyl (C=O) groups excluding carboxylic acids is 1. The molecule has 1 aliphatic rings. The van der Waals surface area contributed by atoms with Gasteiger partial charge >= 0.3 is 6.09 Å². The van der Waals surface area contributed by atoms with E-state index in [-0.39, 0.29) is 36.1 Å². The number of ether oxygens (including phenoxy) is 1. The van der Waals surface area contributed by atoms with E-state index in [9.17, 15) is 4.79 Å². The van der Waals surface area contributed by atoms with Crippen LogP contribution in [0.4, 0.5) is 4.79 Å². The summed E-state index contributed by atoms with van der Waals surface area (Å²) in [6.45, 7) is 13.3. The van der Waals surface area contributed by atoms with E-state index < -0.39 is 5.60 Å². The molecule has 1 amide bonds. The quantitative estimate of drug-likeness (QED) is 0.365. The largest absolute Gasteiger partial charge is 0.444 e. The number of aryl methyl sites for hydroxylation is 1. The Labute approximate surface area is 185 Å². The molecule has 9 heteroatoms. The monoisotopic (exact) mass is 506 g/mol. The van der Waals surface area contributed by atoms with Crippen molar-refractivity contribution in [1.29, 1.82) is 0 Å². The molecule has 0 aliphatic carbocycles. The zero-order valence-corrected chi connectivity index (χ0v) is 20.0. The lowest BCUT2D eigenvalue weighted by Crippen LogP contribution is -2.53. The molecule has 0 spiro atoms. The number of amides is 1. The lowest BCUT2D eigenvalue weighted by Gasteiger charge is -2.35. The molecule has 1 aromatic heterocycles. The topological polar surface area (TPSA) is 83.8 Å². The molecule has 1 aliphatic heterocycles. The third kappa shape index (κ3) is 8.66. The smallest absolute Gasteiger partial charge is 0.410 e. The maximum atomic E-state index is 12.3. The lowest BCUT2D eigenvalue weighted by atomic mass is 10.1. The summed E-state index contributed by atoms with van der Waals surface area (Å²) in [6, 6.07) is 0.163. The number of carbonyl (C=O) groups is 1. The minimum absolute atomic E-state index is 0. The number of aromatic nitrogens is 2. The van der Waals surface area contributed by atoms with Gasteiger partial charge in [0.25, 0.3) is 0 Å². The zero-order valence-electron chi connectivity index (χ0n) is 17.7. The maximum absolute atomic E-state index is 12.3. The van der Waals surface area contributed by atoms with Crippen LogP contribution in [0.3, 0.4) is 0 Å². The molecular formula is C19H35IN6O2. The highest BCUT2D eigenvalue weighted by atomic mass is 127. The van der Waals surface area contributed by atoms with Gasteiger partial charge in [0, 0.05) is 31.9 Å². The number of likely N-dealkylation sites (tertiary alicyclic amines) is 1. The van der Waals surface area contributed by atoms with Gasteiger partial charge in [0.1, 0.15) is 5.60 Å². The summed E-state index contributed by atoms with van der Waals surface area (Å²) in [7, 11) is 0. The summed E-state index contributed by atoms with van der Waals surface area (Å²) in [5.41, 5.74) is 0.673. The van der Waals surface area contributed by atoms with Gasteiger partial charge in [-0.25, -0.2) is 4.79 Å². The second-order valence-electron chi connectivity index (χ2n) is 7.95. The number of piperidine rings is 1. The zero-order chi connectivity index (χ0) is 19.9. The number of rotatable bonds is 5. The van der Waals surface area contributed by atoms with Crippen LogP contribution in [0.1, 0.15) is 46.1 Å². The third-order valence-corrected chi connectivity index (χ3v) is 4.12. The Morgan fingerprint density at radius 1 is 1.43 bits per heavy atom. The average Bonchev–Trinajstić information content (AvgIpc) is 2.99. The van der Waals surface area contributed by atoms with Crippen molar-refractivity contribution >= 4 is 36.0 Å². The highest BCUT2D eigenvalue weighted by Crippen LogP contribution is 2.15. The van der Waals surface area contributed by atoms with Crippen molar-refractivity contribution in [2.75, 3.05) is 26.2 Å². The van der Waals surface area contributed by atoms with E-state index in [2.05, 4.69) is 20.7 Å². The molecule has 8 nitrogen and oxygen atoms in total. The molecule has 1 fully saturated rings. The van der Waals surface area contributed by atoms with Gasteiger partial charge in [-0.05, 0) is 53.0 Å². The summed E-state index contributed by atoms with van der Waals surface area (Å²) < 4.78 is 7.39. The van der Waals surface area contributed by atoms with E-state index in [4.69, 9.17) is 4.74 Å². The minimum Gasteiger partial charge on any atom is -0.444 e. The van der Waals surface area contributed by atoms with Gasteiger partial charge in [-0.15, -0.1) is 24.0 Å². The molecule has 0 aromatic carbocycles. The molecule has 1 aromatic rings. The van der Waals surface area contributed by atoms with Crippen LogP contribution in [-0.2, 0) is 11.3 Å². The van der Waals surface area contributed by atoms with Gasteiger partial charge in [-0.2, -0.15) is 5.10 Å². The summed E-state index contributed by atoms with van der Waals surface area (Å²) in [4.78, 5) is 18.7. The predicted octanol–water partition coefficient (Wildman–Crippen LogP) is 2.76. The van der Waals surface area contributed by atoms with Crippen molar-refractivity contribution < 1.29 is 9.53 Å². The highest BCUT2D eigenvalue weighted by molar-refractivity contribution is 14.0. The lowest BCUT2D eigenvalue weighted by molar-refractivity contribution is 0.0193. The van der Waals surface area contributed by atoms with Crippen LogP contribution in [0.5, 0.6) is 0 Å². The Balaban J connectivity index is 0.00000392. The van der Waals surface area contributed by atoms with Gasteiger partial charge in [-0.1, -0.05) is 0 Å². The molecule has 160 valence electrons. The van der Waals surface area contributed by atoms with Crippen molar-refractivity contribution in [1.82, 2.24) is 25.3 Å². The first kappa shape index (κ1) is 24.5. The fourth-order valence-electron chi connectivity index (χ4n) is 2.95. The minimum atomic E-state index is -0.474. The number of hydrogen-bond donors (Lipinski definition) is 2. The Morgan fingerprint density at radius 3 is 2.79 bits per heavy atom. The summed E-state index contributed by atoms with van der Waals surface area (Å²) >= 11 is 0. The Morgan fingerprint density at radius 2 is 2.18 bits per heavy atom. The second-order valence-corrected chi connectivity index (χ2v) is 7.95. The Bertz CT molecular complexity index is 641. The number of aliphatic imine (C=N–C) groups is 1. The number of guanidine groups is 1. The molecule has 0 bridgehead atoms. The van der Waals surface area contributed by atoms with Crippen molar-refractivity contribution in [2.45, 2.75) is 65.6 Å². The van der Waals surface area contributed by atoms with Crippen LogP contribution >= 0.6 is 24.0 Å². The Kier molecular flexibility index (Phi) is 10.0. The average molecular weight is 506 g/mol. The first-order chi connectivity index (χ1) is 12.8. The third-order valence-electron chi connectivity index (χ3n) is 4.12. The molecule has 2 heterocycles. The van der Waals surface area contributed by atoms with Gasteiger partial charge in [0.05, 0.1) is 19.3 Å². The van der Waals surface area contributed by atoms with Crippen molar-refractivity contribution in [3.8, 4) is 0 Å². The number of hydrogen-bond acceptors (Lipinski definition) is 4. The van der Waals surface area contributed by atoms with Crippen LogP contribution in [0.25, 0.3) is 0 Å². The van der Waals surface area contributed by atoms with Crippen LogP contribution in [-0.4, -0.2) is 64.6 Å². The summed E-state index contributed by atoms with van der Waals surface area (Å²) in [5, 5.41) is 11.0. The van der Waals surface area contributed by atoms with Crippen molar-refractivity contribution in [2.24, 2.45) is 4.99 Å². The summed E-state index contributed by atoms with van der Waals surface area (Å²) in [6.07, 6.45) is 5.56. The van der Waals surface area contributed by atoms with Crippen LogP contribution in [0, 0.1) is 6.92 Å². The van der Waals surface area contributed by atoms with Crippen LogP contribution < -0.4 is 10.6 Å². The number of nitrogens with one attached hydrogen (secondary N) is 2. The van der Waals surface area contributed by atoms with Gasteiger partial charge in [0.2, 0.25) is 0 Å². The number of halogens is 1. The van der Waals surface area contributed by atoms with Gasteiger partial charge < -0.3 is 20.3 Å². The van der Waals surface area contributed by atoms with E-state index >= 15 is 0 Å². The normalized spacial score (nSPS) is 17.7. The molecule has 28 heavy (non-hydrogen) atoms. The van der Waals surface area contributed by atoms with E-state index in [0.29, 0.717) is 13.1 Å². The van der Waals surface area contributed by atoms with E-state index in [0.717, 1.165) is 44.0 Å². The first-order valence-electron chi connectivity index (χ1n) is 9.78. The highest BCUT2D eigenvalue weighted by Gasteiger charge is 2.27. The van der Waals surface area contributed by atoms with Crippen molar-refractivity contribution in [3.63, 3.8) is 0 Å². The molecule has 1 unspecified atom stereocenters. The second kappa shape index (κ2) is 11.5. The molecule has 1 atom stereocenters. The molecule has 2 N–H and O–H groups in total. The maximum Gasteiger partial charge on any atom is 0.410 e. The van der Waals surface area contributed by atoms with E-state index in [1.165, 1.54) is 0 Å². The SMILES string of the molecule is CCNC(=NCCn1cc(C)cn1)NC1CCCN(C(=O)OC(C)(C)C)C1.I. The fraction of sp³-hybridized carbons (Fsp3) is 0.737. The first-order valence-corrected chi connectivity index (χ1v) is 9.78. The van der Waals surface area contributed by atoms with Gasteiger partial charge in [-0.3, -0.25) is 9.67 Å².